The fourth-order valence-electron chi connectivity index (χ4n) is 0.666. The Morgan fingerprint density at radius 2 is 1.80 bits per heavy atom. The largest absolute Gasteiger partial charge is 0.309 e. The van der Waals surface area contributed by atoms with Gasteiger partial charge in [0, 0.05) is 13.6 Å². The highest BCUT2D eigenvalue weighted by atomic mass is 15.5. The Labute approximate surface area is 62.3 Å². The molecule has 1 N–H and O–H groups in total. The van der Waals surface area contributed by atoms with Gasteiger partial charge in [-0.05, 0) is 27.1 Å². The van der Waals surface area contributed by atoms with Gasteiger partial charge >= 0.3 is 0 Å². The smallest absolute Gasteiger partial charge is 0.0385 e. The Hall–Kier alpha value is -0.640. The molecule has 0 aliphatic rings. The van der Waals surface area contributed by atoms with Crippen molar-refractivity contribution >= 4 is 0 Å². The van der Waals surface area contributed by atoms with Crippen LogP contribution in [0.25, 0.3) is 0 Å². The maximum Gasteiger partial charge on any atom is 0.0385 e. The molecule has 0 aliphatic carbocycles. The lowest BCUT2D eigenvalue weighted by molar-refractivity contribution is 0.290. The summed E-state index contributed by atoms with van der Waals surface area (Å²) in [6.45, 7) is 1.92. The van der Waals surface area contributed by atoms with Crippen LogP contribution in [0.15, 0.2) is 5.22 Å². The highest BCUT2D eigenvalue weighted by Gasteiger charge is 1.93. The fourth-order valence-corrected chi connectivity index (χ4v) is 0.666. The van der Waals surface area contributed by atoms with E-state index in [9.17, 15) is 0 Å². The Kier molecular flexibility index (Phi) is 4.84. The number of hydrogen-bond acceptors (Lipinski definition) is 3. The molecule has 0 bridgehead atoms. The molecule has 0 aromatic carbocycles. The molecular weight excluding hydrogens is 128 g/mol. The molecule has 60 valence electrons. The van der Waals surface area contributed by atoms with Crippen molar-refractivity contribution in [3.8, 4) is 0 Å². The predicted octanol–water partition coefficient (Wildman–Crippen LogP) is 0.816. The van der Waals surface area contributed by atoms with Gasteiger partial charge in [-0.3, -0.25) is 5.01 Å². The van der Waals surface area contributed by atoms with Gasteiger partial charge in [-0.15, -0.1) is 0 Å². The van der Waals surface area contributed by atoms with Crippen LogP contribution in [0.2, 0.25) is 0 Å². The van der Waals surface area contributed by atoms with Gasteiger partial charge < -0.3 is 4.90 Å². The van der Waals surface area contributed by atoms with Gasteiger partial charge in [-0.1, -0.05) is 5.22 Å². The summed E-state index contributed by atoms with van der Waals surface area (Å²) in [7, 11) is 5.89. The fraction of sp³-hybridized carbons (Fsp3) is 1.00. The highest BCUT2D eigenvalue weighted by Crippen LogP contribution is 1.88. The molecule has 0 saturated heterocycles. The van der Waals surface area contributed by atoms with Crippen LogP contribution in [0.1, 0.15) is 6.42 Å². The van der Waals surface area contributed by atoms with Crippen LogP contribution in [-0.2, 0) is 0 Å². The molecule has 0 aliphatic heterocycles. The first-order chi connectivity index (χ1) is 4.66. The molecule has 0 aromatic rings. The standard InChI is InChI=1S/C6H16N4/c1-9(2)5-4-6-10(3)8-7/h7H,4-6H2,1-3H3. The average molecular weight is 144 g/mol. The zero-order chi connectivity index (χ0) is 7.98. The number of rotatable bonds is 5. The molecule has 10 heavy (non-hydrogen) atoms. The minimum absolute atomic E-state index is 0.863. The molecule has 0 rings (SSSR count). The van der Waals surface area contributed by atoms with Gasteiger partial charge in [0.1, 0.15) is 0 Å². The van der Waals surface area contributed by atoms with Crippen LogP contribution in [0.4, 0.5) is 0 Å². The maximum absolute atomic E-state index is 6.63. The Morgan fingerprint density at radius 1 is 1.20 bits per heavy atom. The van der Waals surface area contributed by atoms with E-state index in [2.05, 4.69) is 10.1 Å². The molecule has 0 spiro atoms. The normalized spacial score (nSPS) is 10.0. The number of nitrogens with zero attached hydrogens (tertiary/aromatic N) is 3. The molecule has 4 heteroatoms. The second-order valence-electron chi connectivity index (χ2n) is 2.64. The molecular formula is C6H16N4. The maximum atomic E-state index is 6.63. The van der Waals surface area contributed by atoms with Gasteiger partial charge in [0.2, 0.25) is 0 Å². The molecule has 0 heterocycles. The van der Waals surface area contributed by atoms with Crippen LogP contribution in [0.3, 0.4) is 0 Å². The second-order valence-corrected chi connectivity index (χ2v) is 2.64. The summed E-state index contributed by atoms with van der Waals surface area (Å²) in [6, 6.07) is 0. The second kappa shape index (κ2) is 5.17. The SMILES string of the molecule is CN(C)CCCN(C)N=N. The van der Waals surface area contributed by atoms with Crippen molar-refractivity contribution in [2.24, 2.45) is 5.22 Å². The van der Waals surface area contributed by atoms with E-state index in [1.165, 1.54) is 0 Å². The average Bonchev–Trinajstić information content (AvgIpc) is 1.87. The van der Waals surface area contributed by atoms with Crippen molar-refractivity contribution < 1.29 is 0 Å². The molecule has 0 amide bonds. The summed E-state index contributed by atoms with van der Waals surface area (Å²) in [5.74, 6) is 0. The van der Waals surface area contributed by atoms with Crippen molar-refractivity contribution in [3.05, 3.63) is 0 Å². The van der Waals surface area contributed by atoms with E-state index in [4.69, 9.17) is 5.53 Å². The molecule has 4 nitrogen and oxygen atoms in total. The van der Waals surface area contributed by atoms with Crippen LogP contribution in [0.5, 0.6) is 0 Å². The van der Waals surface area contributed by atoms with Crippen LogP contribution in [0, 0.1) is 5.53 Å². The van der Waals surface area contributed by atoms with Crippen molar-refractivity contribution in [1.29, 1.82) is 5.53 Å². The lowest BCUT2D eigenvalue weighted by Gasteiger charge is -2.12. The van der Waals surface area contributed by atoms with Gasteiger partial charge in [0.25, 0.3) is 0 Å². The van der Waals surface area contributed by atoms with E-state index >= 15 is 0 Å². The van der Waals surface area contributed by atoms with Crippen LogP contribution < -0.4 is 0 Å². The monoisotopic (exact) mass is 144 g/mol. The summed E-state index contributed by atoms with van der Waals surface area (Å²) in [5, 5.41) is 4.88. The molecule has 0 radical (unpaired) electrons. The minimum Gasteiger partial charge on any atom is -0.309 e. The van der Waals surface area contributed by atoms with Crippen molar-refractivity contribution in [3.63, 3.8) is 0 Å². The van der Waals surface area contributed by atoms with Crippen molar-refractivity contribution in [2.75, 3.05) is 34.2 Å². The van der Waals surface area contributed by atoms with Crippen molar-refractivity contribution in [1.82, 2.24) is 9.91 Å². The first-order valence-electron chi connectivity index (χ1n) is 3.40. The molecule has 0 atom stereocenters. The zero-order valence-corrected chi connectivity index (χ0v) is 6.96. The number of nitrogens with one attached hydrogen (secondary N) is 1. The van der Waals surface area contributed by atoms with Crippen LogP contribution in [-0.4, -0.2) is 44.1 Å². The molecule has 0 unspecified atom stereocenters. The summed E-state index contributed by atoms with van der Waals surface area (Å²) in [6.07, 6.45) is 1.06. The summed E-state index contributed by atoms with van der Waals surface area (Å²) < 4.78 is 0. The third-order valence-corrected chi connectivity index (χ3v) is 1.26. The highest BCUT2D eigenvalue weighted by molar-refractivity contribution is 4.46. The number of hydrogen-bond donors (Lipinski definition) is 1. The van der Waals surface area contributed by atoms with E-state index in [0.29, 0.717) is 0 Å². The van der Waals surface area contributed by atoms with Crippen molar-refractivity contribution in [2.45, 2.75) is 6.42 Å². The van der Waals surface area contributed by atoms with E-state index in [1.807, 2.05) is 21.1 Å². The van der Waals surface area contributed by atoms with Gasteiger partial charge in [0.05, 0.1) is 0 Å². The zero-order valence-electron chi connectivity index (χ0n) is 6.96. The topological polar surface area (TPSA) is 42.7 Å². The molecule has 0 fully saturated rings. The van der Waals surface area contributed by atoms with E-state index in [1.54, 1.807) is 5.01 Å². The predicted molar refractivity (Wildman–Crippen MR) is 40.9 cm³/mol. The first kappa shape index (κ1) is 9.36. The Balaban J connectivity index is 3.11. The van der Waals surface area contributed by atoms with Gasteiger partial charge in [-0.25, -0.2) is 0 Å². The molecule has 0 saturated carbocycles. The quantitative estimate of drug-likeness (QED) is 0.458. The Morgan fingerprint density at radius 3 is 2.20 bits per heavy atom. The lowest BCUT2D eigenvalue weighted by atomic mass is 10.4. The lowest BCUT2D eigenvalue weighted by Crippen LogP contribution is -2.19. The Bertz CT molecular complexity index is 91.7. The van der Waals surface area contributed by atoms with Gasteiger partial charge in [-0.2, -0.15) is 5.53 Å². The summed E-state index contributed by atoms with van der Waals surface area (Å²) in [5.41, 5.74) is 6.63. The first-order valence-corrected chi connectivity index (χ1v) is 3.40. The summed E-state index contributed by atoms with van der Waals surface area (Å²) >= 11 is 0. The summed E-state index contributed by atoms with van der Waals surface area (Å²) in [4.78, 5) is 2.12. The van der Waals surface area contributed by atoms with Gasteiger partial charge in [0.15, 0.2) is 0 Å². The third kappa shape index (κ3) is 5.50. The van der Waals surface area contributed by atoms with E-state index in [0.717, 1.165) is 19.5 Å². The minimum atomic E-state index is 0.863. The third-order valence-electron chi connectivity index (χ3n) is 1.26. The van der Waals surface area contributed by atoms with E-state index < -0.39 is 0 Å². The molecule has 0 aromatic heterocycles. The van der Waals surface area contributed by atoms with E-state index in [-0.39, 0.29) is 0 Å². The van der Waals surface area contributed by atoms with Crippen LogP contribution >= 0.6 is 0 Å².